The van der Waals surface area contributed by atoms with Crippen LogP contribution in [-0.2, 0) is 4.79 Å². The van der Waals surface area contributed by atoms with E-state index < -0.39 is 0 Å². The number of carbonyl (C=O) groups is 1. The van der Waals surface area contributed by atoms with Crippen LogP contribution in [0.25, 0.3) is 0 Å². The van der Waals surface area contributed by atoms with Crippen LogP contribution in [0.1, 0.15) is 24.8 Å². The van der Waals surface area contributed by atoms with Gasteiger partial charge in [0.25, 0.3) is 0 Å². The fourth-order valence-electron chi connectivity index (χ4n) is 1.85. The lowest BCUT2D eigenvalue weighted by atomic mass is 10.1. The molecule has 0 aliphatic heterocycles. The summed E-state index contributed by atoms with van der Waals surface area (Å²) in [5.74, 6) is -0.113. The third kappa shape index (κ3) is 3.03. The molecule has 3 N–H and O–H groups in total. The number of nitrogens with two attached hydrogens (primary N) is 1. The molecular weight excluding hydrogens is 219 g/mol. The Morgan fingerprint density at radius 3 is 2.94 bits per heavy atom. The Morgan fingerprint density at radius 1 is 1.59 bits per heavy atom. The van der Waals surface area contributed by atoms with E-state index in [2.05, 4.69) is 5.32 Å². The molecule has 1 aromatic rings. The summed E-state index contributed by atoms with van der Waals surface area (Å²) in [6.45, 7) is 1.67. The Balaban J connectivity index is 1.95. The number of hydrogen-bond donors (Lipinski definition) is 2. The van der Waals surface area contributed by atoms with E-state index >= 15 is 0 Å². The van der Waals surface area contributed by atoms with Crippen molar-refractivity contribution in [2.45, 2.75) is 32.2 Å². The minimum absolute atomic E-state index is 0.0946. The first-order valence-corrected chi connectivity index (χ1v) is 5.88. The molecule has 1 aromatic carbocycles. The molecule has 0 aromatic heterocycles. The topological polar surface area (TPSA) is 55.1 Å². The van der Waals surface area contributed by atoms with Crippen LogP contribution >= 0.6 is 0 Å². The van der Waals surface area contributed by atoms with Crippen molar-refractivity contribution in [3.05, 3.63) is 29.6 Å². The highest BCUT2D eigenvalue weighted by molar-refractivity contribution is 5.91. The highest BCUT2D eigenvalue weighted by Gasteiger charge is 2.29. The zero-order valence-electron chi connectivity index (χ0n) is 9.87. The summed E-state index contributed by atoms with van der Waals surface area (Å²) >= 11 is 0. The largest absolute Gasteiger partial charge is 0.327 e. The van der Waals surface area contributed by atoms with Gasteiger partial charge in [0.1, 0.15) is 5.82 Å². The average Bonchev–Trinajstić information content (AvgIpc) is 3.08. The molecule has 0 saturated heterocycles. The maximum atomic E-state index is 13.6. The van der Waals surface area contributed by atoms with Crippen molar-refractivity contribution in [2.75, 3.05) is 5.32 Å². The molecule has 0 heterocycles. The highest BCUT2D eigenvalue weighted by Crippen LogP contribution is 2.32. The maximum Gasteiger partial charge on any atom is 0.226 e. The molecule has 1 saturated carbocycles. The van der Waals surface area contributed by atoms with Crippen molar-refractivity contribution >= 4 is 11.6 Å². The molecule has 1 aliphatic carbocycles. The summed E-state index contributed by atoms with van der Waals surface area (Å²) < 4.78 is 13.6. The third-order valence-corrected chi connectivity index (χ3v) is 3.11. The molecule has 0 radical (unpaired) electrons. The van der Waals surface area contributed by atoms with Gasteiger partial charge < -0.3 is 11.1 Å². The van der Waals surface area contributed by atoms with Crippen LogP contribution < -0.4 is 11.1 Å². The smallest absolute Gasteiger partial charge is 0.226 e. The normalized spacial score (nSPS) is 16.6. The molecule has 1 unspecified atom stereocenters. The predicted octanol–water partition coefficient (Wildman–Crippen LogP) is 2.20. The zero-order chi connectivity index (χ0) is 12.4. The van der Waals surface area contributed by atoms with Gasteiger partial charge in [-0.1, -0.05) is 12.1 Å². The number of halogens is 1. The van der Waals surface area contributed by atoms with E-state index in [4.69, 9.17) is 5.73 Å². The van der Waals surface area contributed by atoms with Crippen molar-refractivity contribution in [3.8, 4) is 0 Å². The first-order chi connectivity index (χ1) is 8.08. The summed E-state index contributed by atoms with van der Waals surface area (Å²) in [4.78, 5) is 11.7. The van der Waals surface area contributed by atoms with Gasteiger partial charge in [0.15, 0.2) is 0 Å². The molecule has 1 fully saturated rings. The van der Waals surface area contributed by atoms with Gasteiger partial charge in [-0.05, 0) is 37.3 Å². The maximum absolute atomic E-state index is 13.6. The monoisotopic (exact) mass is 236 g/mol. The predicted molar refractivity (Wildman–Crippen MR) is 65.1 cm³/mol. The van der Waals surface area contributed by atoms with Crippen LogP contribution in [0.4, 0.5) is 10.1 Å². The summed E-state index contributed by atoms with van der Waals surface area (Å²) in [7, 11) is 0. The molecule has 1 atom stereocenters. The van der Waals surface area contributed by atoms with Gasteiger partial charge in [-0.3, -0.25) is 4.79 Å². The first kappa shape index (κ1) is 12.0. The van der Waals surface area contributed by atoms with Crippen molar-refractivity contribution in [2.24, 2.45) is 11.7 Å². The number of aryl methyl sites for hydroxylation is 1. The Kier molecular flexibility index (Phi) is 3.43. The van der Waals surface area contributed by atoms with E-state index in [9.17, 15) is 9.18 Å². The Labute approximate surface area is 100 Å². The SMILES string of the molecule is Cc1cccc(NC(=O)CC(N)C2CC2)c1F. The lowest BCUT2D eigenvalue weighted by molar-refractivity contribution is -0.116. The Bertz CT molecular complexity index is 429. The average molecular weight is 236 g/mol. The van der Waals surface area contributed by atoms with E-state index in [0.29, 0.717) is 11.5 Å². The summed E-state index contributed by atoms with van der Waals surface area (Å²) in [5.41, 5.74) is 6.60. The van der Waals surface area contributed by atoms with Gasteiger partial charge in [0.05, 0.1) is 5.69 Å². The van der Waals surface area contributed by atoms with Gasteiger partial charge in [0.2, 0.25) is 5.91 Å². The van der Waals surface area contributed by atoms with Crippen LogP contribution in [0.2, 0.25) is 0 Å². The summed E-state index contributed by atoms with van der Waals surface area (Å²) in [5, 5.41) is 2.57. The van der Waals surface area contributed by atoms with Gasteiger partial charge in [-0.25, -0.2) is 4.39 Å². The standard InChI is InChI=1S/C13H17FN2O/c1-8-3-2-4-11(13(8)14)16-12(17)7-10(15)9-5-6-9/h2-4,9-10H,5-7,15H2,1H3,(H,16,17). The van der Waals surface area contributed by atoms with Gasteiger partial charge >= 0.3 is 0 Å². The molecule has 3 nitrogen and oxygen atoms in total. The second kappa shape index (κ2) is 4.84. The van der Waals surface area contributed by atoms with Gasteiger partial charge in [-0.15, -0.1) is 0 Å². The number of amides is 1. The molecule has 0 spiro atoms. The minimum Gasteiger partial charge on any atom is -0.327 e. The van der Waals surface area contributed by atoms with E-state index in [1.165, 1.54) is 0 Å². The highest BCUT2D eigenvalue weighted by atomic mass is 19.1. The van der Waals surface area contributed by atoms with Crippen LogP contribution in [0, 0.1) is 18.7 Å². The molecule has 1 aliphatic rings. The van der Waals surface area contributed by atoms with Crippen molar-refractivity contribution in [1.29, 1.82) is 0 Å². The lowest BCUT2D eigenvalue weighted by Crippen LogP contribution is -2.29. The number of nitrogens with one attached hydrogen (secondary N) is 1. The number of anilines is 1. The summed E-state index contributed by atoms with van der Waals surface area (Å²) in [6, 6.07) is 4.85. The van der Waals surface area contributed by atoms with Crippen molar-refractivity contribution in [3.63, 3.8) is 0 Å². The Morgan fingerprint density at radius 2 is 2.29 bits per heavy atom. The van der Waals surface area contributed by atoms with E-state index in [1.54, 1.807) is 25.1 Å². The van der Waals surface area contributed by atoms with E-state index in [0.717, 1.165) is 12.8 Å². The molecule has 0 bridgehead atoms. The molecule has 2 rings (SSSR count). The second-order valence-electron chi connectivity index (χ2n) is 4.69. The number of benzene rings is 1. The second-order valence-corrected chi connectivity index (χ2v) is 4.69. The molecular formula is C13H17FN2O. The molecule has 4 heteroatoms. The number of rotatable bonds is 4. The van der Waals surface area contributed by atoms with Crippen LogP contribution in [0.15, 0.2) is 18.2 Å². The Hall–Kier alpha value is -1.42. The number of hydrogen-bond acceptors (Lipinski definition) is 2. The van der Waals surface area contributed by atoms with Crippen molar-refractivity contribution in [1.82, 2.24) is 0 Å². The van der Waals surface area contributed by atoms with Crippen LogP contribution in [0.3, 0.4) is 0 Å². The summed E-state index contributed by atoms with van der Waals surface area (Å²) in [6.07, 6.45) is 2.47. The first-order valence-electron chi connectivity index (χ1n) is 5.88. The third-order valence-electron chi connectivity index (χ3n) is 3.11. The minimum atomic E-state index is -0.374. The van der Waals surface area contributed by atoms with Gasteiger partial charge in [-0.2, -0.15) is 0 Å². The number of carbonyl (C=O) groups excluding carboxylic acids is 1. The van der Waals surface area contributed by atoms with Gasteiger partial charge in [0, 0.05) is 12.5 Å². The molecule has 17 heavy (non-hydrogen) atoms. The zero-order valence-corrected chi connectivity index (χ0v) is 9.87. The lowest BCUT2D eigenvalue weighted by Gasteiger charge is -2.11. The fraction of sp³-hybridized carbons (Fsp3) is 0.462. The molecule has 1 amide bonds. The van der Waals surface area contributed by atoms with E-state index in [-0.39, 0.29) is 29.9 Å². The fourth-order valence-corrected chi connectivity index (χ4v) is 1.85. The van der Waals surface area contributed by atoms with Crippen LogP contribution in [-0.4, -0.2) is 11.9 Å². The van der Waals surface area contributed by atoms with E-state index in [1.807, 2.05) is 0 Å². The van der Waals surface area contributed by atoms with Crippen LogP contribution in [0.5, 0.6) is 0 Å². The quantitative estimate of drug-likeness (QED) is 0.842. The molecule has 92 valence electrons. The van der Waals surface area contributed by atoms with Crippen molar-refractivity contribution < 1.29 is 9.18 Å².